The van der Waals surface area contributed by atoms with Crippen molar-refractivity contribution < 1.29 is 31.6 Å². The van der Waals surface area contributed by atoms with Crippen molar-refractivity contribution in [1.29, 1.82) is 0 Å². The van der Waals surface area contributed by atoms with E-state index in [1.165, 1.54) is 23.1 Å². The maximum Gasteiger partial charge on any atom is 0.397 e. The highest BCUT2D eigenvalue weighted by molar-refractivity contribution is 5.82. The van der Waals surface area contributed by atoms with E-state index in [1.54, 1.807) is 6.92 Å². The summed E-state index contributed by atoms with van der Waals surface area (Å²) in [4.78, 5) is 26.4. The summed E-state index contributed by atoms with van der Waals surface area (Å²) in [6.07, 6.45) is -6.04. The van der Waals surface area contributed by atoms with Crippen molar-refractivity contribution in [1.82, 2.24) is 15.1 Å². The minimum atomic E-state index is -4.54. The number of carbonyl (C=O) groups is 2. The average Bonchev–Trinajstić information content (AvgIpc) is 2.94. The number of furan rings is 1. The number of rotatable bonds is 3. The first-order valence-electron chi connectivity index (χ1n) is 8.69. The van der Waals surface area contributed by atoms with Gasteiger partial charge in [0.15, 0.2) is 0 Å². The summed E-state index contributed by atoms with van der Waals surface area (Å²) < 4.78 is 55.9. The lowest BCUT2D eigenvalue weighted by atomic mass is 10.1. The lowest BCUT2D eigenvalue weighted by Gasteiger charge is -2.34. The highest BCUT2D eigenvalue weighted by Gasteiger charge is 2.34. The Labute approximate surface area is 158 Å². The van der Waals surface area contributed by atoms with Gasteiger partial charge in [-0.15, -0.1) is 0 Å². The quantitative estimate of drug-likeness (QED) is 0.804. The number of aryl methyl sites for hydroxylation is 1. The number of halogens is 4. The number of hydrogen-bond donors (Lipinski definition) is 1. The summed E-state index contributed by atoms with van der Waals surface area (Å²) in [6, 6.07) is 3.75. The zero-order chi connectivity index (χ0) is 20.5. The largest absolute Gasteiger partial charge is 0.459 e. The van der Waals surface area contributed by atoms with E-state index in [4.69, 9.17) is 4.42 Å². The number of benzene rings is 1. The van der Waals surface area contributed by atoms with E-state index < -0.39 is 24.5 Å². The third-order valence-electron chi connectivity index (χ3n) is 4.67. The monoisotopic (exact) mass is 401 g/mol. The van der Waals surface area contributed by atoms with Crippen molar-refractivity contribution in [2.75, 3.05) is 26.2 Å². The number of carbonyl (C=O) groups excluding carboxylic acids is 2. The van der Waals surface area contributed by atoms with Gasteiger partial charge in [-0.2, -0.15) is 13.2 Å². The molecule has 1 aliphatic heterocycles. The topological polar surface area (TPSA) is 65.8 Å². The molecule has 1 saturated heterocycles. The molecule has 1 fully saturated rings. The molecule has 0 unspecified atom stereocenters. The number of urea groups is 1. The molecule has 2 heterocycles. The molecule has 0 saturated carbocycles. The van der Waals surface area contributed by atoms with Gasteiger partial charge in [-0.3, -0.25) is 4.79 Å². The maximum absolute atomic E-state index is 13.4. The second-order valence-electron chi connectivity index (χ2n) is 6.61. The summed E-state index contributed by atoms with van der Waals surface area (Å²) in [6.45, 7) is 2.22. The Balaban J connectivity index is 1.53. The highest BCUT2D eigenvalue weighted by atomic mass is 19.4. The average molecular weight is 401 g/mol. The smallest absolute Gasteiger partial charge is 0.397 e. The molecule has 3 rings (SSSR count). The molecule has 2 aromatic rings. The van der Waals surface area contributed by atoms with E-state index in [0.29, 0.717) is 16.7 Å². The van der Waals surface area contributed by atoms with E-state index in [-0.39, 0.29) is 38.5 Å². The fourth-order valence-electron chi connectivity index (χ4n) is 3.12. The van der Waals surface area contributed by atoms with Crippen LogP contribution in [0.25, 0.3) is 11.0 Å². The second-order valence-corrected chi connectivity index (χ2v) is 6.61. The molecule has 0 aliphatic carbocycles. The summed E-state index contributed by atoms with van der Waals surface area (Å²) in [5.41, 5.74) is 1.23. The summed E-state index contributed by atoms with van der Waals surface area (Å²) >= 11 is 0. The van der Waals surface area contributed by atoms with Gasteiger partial charge in [0.25, 0.3) is 0 Å². The van der Waals surface area contributed by atoms with Crippen LogP contribution in [-0.4, -0.2) is 54.1 Å². The standard InChI is InChI=1S/C18H19F4N3O3/c1-11-13-8-12(19)2-3-14(13)28-15(11)10-23-17(27)25-6-4-24(5-7-25)16(26)9-18(20,21)22/h2-3,8H,4-7,9-10H2,1H3,(H,23,27). The molecule has 0 atom stereocenters. The van der Waals surface area contributed by atoms with Gasteiger partial charge in [0.05, 0.1) is 6.54 Å². The summed E-state index contributed by atoms with van der Waals surface area (Å²) in [5, 5.41) is 3.31. The molecule has 1 aliphatic rings. The number of alkyl halides is 3. The van der Waals surface area contributed by atoms with E-state index in [0.717, 1.165) is 10.5 Å². The van der Waals surface area contributed by atoms with Crippen LogP contribution in [0.1, 0.15) is 17.7 Å². The predicted molar refractivity (Wildman–Crippen MR) is 92.0 cm³/mol. The number of hydrogen-bond acceptors (Lipinski definition) is 3. The summed E-state index contributed by atoms with van der Waals surface area (Å²) in [7, 11) is 0. The van der Waals surface area contributed by atoms with Crippen molar-refractivity contribution in [3.05, 3.63) is 35.3 Å². The Morgan fingerprint density at radius 2 is 1.79 bits per heavy atom. The predicted octanol–water partition coefficient (Wildman–Crippen LogP) is 3.19. The van der Waals surface area contributed by atoms with Gasteiger partial charge in [0.2, 0.25) is 5.91 Å². The number of fused-ring (bicyclic) bond motifs is 1. The molecular weight excluding hydrogens is 382 g/mol. The van der Waals surface area contributed by atoms with Crippen LogP contribution in [0.4, 0.5) is 22.4 Å². The van der Waals surface area contributed by atoms with Crippen molar-refractivity contribution in [2.45, 2.75) is 26.1 Å². The maximum atomic E-state index is 13.4. The molecule has 6 nitrogen and oxygen atoms in total. The molecule has 0 radical (unpaired) electrons. The van der Waals surface area contributed by atoms with Crippen molar-refractivity contribution in [2.24, 2.45) is 0 Å². The number of nitrogens with one attached hydrogen (secondary N) is 1. The zero-order valence-electron chi connectivity index (χ0n) is 15.1. The first kappa shape index (κ1) is 20.0. The highest BCUT2D eigenvalue weighted by Crippen LogP contribution is 2.26. The first-order chi connectivity index (χ1) is 13.1. The Kier molecular flexibility index (Phi) is 5.48. The number of nitrogens with zero attached hydrogens (tertiary/aromatic N) is 2. The zero-order valence-corrected chi connectivity index (χ0v) is 15.1. The SMILES string of the molecule is Cc1c(CNC(=O)N2CCN(C(=O)CC(F)(F)F)CC2)oc2ccc(F)cc12. The van der Waals surface area contributed by atoms with E-state index >= 15 is 0 Å². The van der Waals surface area contributed by atoms with E-state index in [2.05, 4.69) is 5.32 Å². The van der Waals surface area contributed by atoms with Crippen LogP contribution < -0.4 is 5.32 Å². The minimum Gasteiger partial charge on any atom is -0.459 e. The number of amides is 3. The van der Waals surface area contributed by atoms with Gasteiger partial charge in [0, 0.05) is 37.1 Å². The lowest BCUT2D eigenvalue weighted by Crippen LogP contribution is -2.53. The number of piperazine rings is 1. The van der Waals surface area contributed by atoms with Crippen LogP contribution in [-0.2, 0) is 11.3 Å². The van der Waals surface area contributed by atoms with Gasteiger partial charge >= 0.3 is 12.2 Å². The van der Waals surface area contributed by atoms with Crippen LogP contribution in [0.5, 0.6) is 0 Å². The fraction of sp³-hybridized carbons (Fsp3) is 0.444. The lowest BCUT2D eigenvalue weighted by molar-refractivity contribution is -0.162. The molecule has 152 valence electrons. The van der Waals surface area contributed by atoms with Gasteiger partial charge in [-0.05, 0) is 25.1 Å². The molecule has 1 N–H and O–H groups in total. The van der Waals surface area contributed by atoms with Crippen LogP contribution in [0.3, 0.4) is 0 Å². The Hall–Kier alpha value is -2.78. The van der Waals surface area contributed by atoms with Gasteiger partial charge in [-0.25, -0.2) is 9.18 Å². The van der Waals surface area contributed by atoms with Gasteiger partial charge in [-0.1, -0.05) is 0 Å². The minimum absolute atomic E-state index is 0.0469. The molecule has 0 spiro atoms. The molecule has 3 amide bonds. The fourth-order valence-corrected chi connectivity index (χ4v) is 3.12. The van der Waals surface area contributed by atoms with Crippen molar-refractivity contribution >= 4 is 22.9 Å². The van der Waals surface area contributed by atoms with Gasteiger partial charge < -0.3 is 19.5 Å². The van der Waals surface area contributed by atoms with Crippen molar-refractivity contribution in [3.8, 4) is 0 Å². The molecule has 1 aromatic carbocycles. The van der Waals surface area contributed by atoms with E-state index in [1.807, 2.05) is 0 Å². The Morgan fingerprint density at radius 1 is 1.14 bits per heavy atom. The van der Waals surface area contributed by atoms with E-state index in [9.17, 15) is 27.2 Å². The van der Waals surface area contributed by atoms with Crippen LogP contribution in [0, 0.1) is 12.7 Å². The summed E-state index contributed by atoms with van der Waals surface area (Å²) in [5.74, 6) is -0.879. The molecule has 0 bridgehead atoms. The molecule has 1 aromatic heterocycles. The molecule has 10 heteroatoms. The van der Waals surface area contributed by atoms with Crippen LogP contribution in [0.15, 0.2) is 22.6 Å². The van der Waals surface area contributed by atoms with Crippen LogP contribution >= 0.6 is 0 Å². The van der Waals surface area contributed by atoms with Crippen LogP contribution in [0.2, 0.25) is 0 Å². The molecule has 28 heavy (non-hydrogen) atoms. The third-order valence-corrected chi connectivity index (χ3v) is 4.67. The van der Waals surface area contributed by atoms with Crippen molar-refractivity contribution in [3.63, 3.8) is 0 Å². The molecular formula is C18H19F4N3O3. The Morgan fingerprint density at radius 3 is 2.43 bits per heavy atom. The normalized spacial score (nSPS) is 15.2. The Bertz CT molecular complexity index is 886. The van der Waals surface area contributed by atoms with Gasteiger partial charge in [0.1, 0.15) is 23.6 Å². The third kappa shape index (κ3) is 4.55. The second kappa shape index (κ2) is 7.69. The first-order valence-corrected chi connectivity index (χ1v) is 8.69.